The largest absolute Gasteiger partial charge is 0.508 e. The first kappa shape index (κ1) is 23.5. The highest BCUT2D eigenvalue weighted by molar-refractivity contribution is 6.01. The molecule has 0 radical (unpaired) electrons. The Hall–Kier alpha value is -4.15. The molecule has 2 unspecified atom stereocenters. The summed E-state index contributed by atoms with van der Waals surface area (Å²) >= 11 is 0. The first-order valence-electron chi connectivity index (χ1n) is 10.3. The molecule has 2 atom stereocenters. The fourth-order valence-corrected chi connectivity index (χ4v) is 3.74. The number of aromatic nitrogens is 2. The first-order chi connectivity index (χ1) is 15.7. The van der Waals surface area contributed by atoms with Crippen molar-refractivity contribution in [1.29, 1.82) is 0 Å². The van der Waals surface area contributed by atoms with E-state index in [0.29, 0.717) is 11.3 Å². The van der Waals surface area contributed by atoms with Crippen LogP contribution < -0.4 is 11.1 Å². The lowest BCUT2D eigenvalue weighted by Gasteiger charge is -2.40. The number of benzene rings is 1. The Morgan fingerprint density at radius 2 is 1.94 bits per heavy atom. The van der Waals surface area contributed by atoms with Gasteiger partial charge < -0.3 is 30.9 Å². The standard InChI is InChI=1S/C22H26N6O5/c1-13-21(32)28(19(20(23)31)9-15-3-5-17(30)6-4-15)8-7-27(13)22(33)18(26-14(2)29)10-16-11-24-12-25-16/h3-6,11-12,18-19,30H,1,7-10H2,2H3,(H2,23,31)(H,24,25)(H,26,29). The molecular weight excluding hydrogens is 428 g/mol. The fourth-order valence-electron chi connectivity index (χ4n) is 3.74. The maximum atomic E-state index is 13.2. The number of nitrogens with one attached hydrogen (secondary N) is 2. The van der Waals surface area contributed by atoms with Crippen molar-refractivity contribution in [3.05, 3.63) is 60.3 Å². The summed E-state index contributed by atoms with van der Waals surface area (Å²) in [7, 11) is 0. The molecule has 1 fully saturated rings. The molecule has 2 heterocycles. The summed E-state index contributed by atoms with van der Waals surface area (Å²) in [6, 6.07) is 4.35. The lowest BCUT2D eigenvalue weighted by molar-refractivity contribution is -0.146. The van der Waals surface area contributed by atoms with Gasteiger partial charge >= 0.3 is 0 Å². The number of amides is 4. The van der Waals surface area contributed by atoms with Gasteiger partial charge in [-0.2, -0.15) is 0 Å². The van der Waals surface area contributed by atoms with Crippen molar-refractivity contribution in [1.82, 2.24) is 25.1 Å². The number of hydrogen-bond acceptors (Lipinski definition) is 6. The SMILES string of the molecule is C=C1C(=O)N(C(Cc2ccc(O)cc2)C(N)=O)CCN1C(=O)C(Cc1cnc[nH]1)NC(C)=O. The average Bonchev–Trinajstić information content (AvgIpc) is 3.27. The van der Waals surface area contributed by atoms with E-state index in [9.17, 15) is 24.3 Å². The third-order valence-electron chi connectivity index (χ3n) is 5.39. The van der Waals surface area contributed by atoms with Gasteiger partial charge in [0.1, 0.15) is 23.5 Å². The number of phenolic OH excluding ortho intramolecular Hbond substituents is 1. The summed E-state index contributed by atoms with van der Waals surface area (Å²) in [4.78, 5) is 59.4. The molecule has 33 heavy (non-hydrogen) atoms. The number of H-pyrrole nitrogens is 1. The van der Waals surface area contributed by atoms with Crippen LogP contribution in [0, 0.1) is 0 Å². The van der Waals surface area contributed by atoms with Crippen LogP contribution in [0.1, 0.15) is 18.2 Å². The summed E-state index contributed by atoms with van der Waals surface area (Å²) in [6.07, 6.45) is 3.31. The van der Waals surface area contributed by atoms with Crippen LogP contribution >= 0.6 is 0 Å². The Bertz CT molecular complexity index is 1050. The molecule has 11 heteroatoms. The molecule has 5 N–H and O–H groups in total. The Kier molecular flexibility index (Phi) is 7.11. The minimum Gasteiger partial charge on any atom is -0.508 e. The first-order valence-corrected chi connectivity index (χ1v) is 10.3. The predicted molar refractivity (Wildman–Crippen MR) is 117 cm³/mol. The van der Waals surface area contributed by atoms with Crippen LogP contribution in [-0.4, -0.2) is 73.7 Å². The van der Waals surface area contributed by atoms with Gasteiger partial charge in [0.05, 0.1) is 6.33 Å². The van der Waals surface area contributed by atoms with Crippen LogP contribution in [0.2, 0.25) is 0 Å². The van der Waals surface area contributed by atoms with Crippen LogP contribution in [-0.2, 0) is 32.0 Å². The zero-order valence-corrected chi connectivity index (χ0v) is 18.2. The third kappa shape index (κ3) is 5.56. The number of carbonyl (C=O) groups is 4. The quantitative estimate of drug-likeness (QED) is 0.391. The highest BCUT2D eigenvalue weighted by atomic mass is 16.3. The number of aromatic amines is 1. The van der Waals surface area contributed by atoms with Crippen molar-refractivity contribution in [2.45, 2.75) is 31.8 Å². The van der Waals surface area contributed by atoms with Crippen LogP contribution in [0.5, 0.6) is 5.75 Å². The Labute approximate surface area is 190 Å². The van der Waals surface area contributed by atoms with E-state index in [1.807, 2.05) is 0 Å². The highest BCUT2D eigenvalue weighted by Gasteiger charge is 2.39. The van der Waals surface area contributed by atoms with Crippen LogP contribution in [0.15, 0.2) is 49.1 Å². The second-order valence-corrected chi connectivity index (χ2v) is 7.76. The molecule has 174 valence electrons. The van der Waals surface area contributed by atoms with Crippen LogP contribution in [0.3, 0.4) is 0 Å². The summed E-state index contributed by atoms with van der Waals surface area (Å²) in [5, 5.41) is 12.1. The lowest BCUT2D eigenvalue weighted by Crippen LogP contribution is -2.60. The van der Waals surface area contributed by atoms with E-state index in [0.717, 1.165) is 0 Å². The number of primary amides is 1. The Balaban J connectivity index is 1.75. The second-order valence-electron chi connectivity index (χ2n) is 7.76. The number of rotatable bonds is 8. The van der Waals surface area contributed by atoms with Gasteiger partial charge in [-0.05, 0) is 17.7 Å². The number of carbonyl (C=O) groups excluding carboxylic acids is 4. The zero-order valence-electron chi connectivity index (χ0n) is 18.2. The molecule has 0 aliphatic carbocycles. The predicted octanol–water partition coefficient (Wildman–Crippen LogP) is -0.556. The van der Waals surface area contributed by atoms with E-state index in [1.54, 1.807) is 18.3 Å². The summed E-state index contributed by atoms with van der Waals surface area (Å²) in [6.45, 7) is 5.21. The van der Waals surface area contributed by atoms with Gasteiger partial charge in [0.15, 0.2) is 0 Å². The van der Waals surface area contributed by atoms with Crippen molar-refractivity contribution < 1.29 is 24.3 Å². The Morgan fingerprint density at radius 3 is 2.52 bits per heavy atom. The van der Waals surface area contributed by atoms with Crippen LogP contribution in [0.4, 0.5) is 0 Å². The summed E-state index contributed by atoms with van der Waals surface area (Å²) in [5.41, 5.74) is 6.82. The number of nitrogens with zero attached hydrogens (tertiary/aromatic N) is 3. The van der Waals surface area contributed by atoms with Gasteiger partial charge in [-0.1, -0.05) is 18.7 Å². The number of hydrogen-bond donors (Lipinski definition) is 4. The number of aromatic hydroxyl groups is 1. The second kappa shape index (κ2) is 9.98. The van der Waals surface area contributed by atoms with E-state index < -0.39 is 35.7 Å². The van der Waals surface area contributed by atoms with E-state index >= 15 is 0 Å². The van der Waals surface area contributed by atoms with Gasteiger partial charge in [-0.25, -0.2) is 4.98 Å². The fraction of sp³-hybridized carbons (Fsp3) is 0.318. The van der Waals surface area contributed by atoms with Crippen molar-refractivity contribution in [3.8, 4) is 5.75 Å². The highest BCUT2D eigenvalue weighted by Crippen LogP contribution is 2.21. The molecule has 3 rings (SSSR count). The molecule has 0 saturated carbocycles. The summed E-state index contributed by atoms with van der Waals surface area (Å²) < 4.78 is 0. The number of piperazine rings is 1. The molecule has 0 spiro atoms. The van der Waals surface area contributed by atoms with E-state index in [1.165, 1.54) is 35.2 Å². The van der Waals surface area contributed by atoms with Gasteiger partial charge in [-0.15, -0.1) is 0 Å². The monoisotopic (exact) mass is 454 g/mol. The molecule has 1 aromatic carbocycles. The molecule has 0 bridgehead atoms. The summed E-state index contributed by atoms with van der Waals surface area (Å²) in [5.74, 6) is -2.10. The minimum atomic E-state index is -0.952. The number of nitrogens with two attached hydrogens (primary N) is 1. The third-order valence-corrected chi connectivity index (χ3v) is 5.39. The van der Waals surface area contributed by atoms with Gasteiger partial charge in [0.2, 0.25) is 17.7 Å². The maximum absolute atomic E-state index is 13.2. The number of imidazole rings is 1. The number of phenols is 1. The molecule has 2 aromatic rings. The smallest absolute Gasteiger partial charge is 0.270 e. The molecule has 1 saturated heterocycles. The lowest BCUT2D eigenvalue weighted by atomic mass is 10.0. The molecule has 11 nitrogen and oxygen atoms in total. The molecule has 4 amide bonds. The molecule has 1 aliphatic rings. The van der Waals surface area contributed by atoms with Crippen molar-refractivity contribution in [2.24, 2.45) is 5.73 Å². The van der Waals surface area contributed by atoms with Crippen molar-refractivity contribution in [3.63, 3.8) is 0 Å². The van der Waals surface area contributed by atoms with Crippen molar-refractivity contribution >= 4 is 23.6 Å². The Morgan fingerprint density at radius 1 is 1.24 bits per heavy atom. The maximum Gasteiger partial charge on any atom is 0.270 e. The van der Waals surface area contributed by atoms with Gasteiger partial charge in [-0.3, -0.25) is 19.2 Å². The minimum absolute atomic E-state index is 0.0616. The average molecular weight is 454 g/mol. The van der Waals surface area contributed by atoms with Crippen molar-refractivity contribution in [2.75, 3.05) is 13.1 Å². The molecular formula is C22H26N6O5. The van der Waals surface area contributed by atoms with E-state index in [-0.39, 0.29) is 37.4 Å². The van der Waals surface area contributed by atoms with E-state index in [2.05, 4.69) is 21.9 Å². The molecule has 1 aliphatic heterocycles. The topological polar surface area (TPSA) is 162 Å². The normalized spacial score (nSPS) is 15.8. The van der Waals surface area contributed by atoms with E-state index in [4.69, 9.17) is 5.73 Å². The van der Waals surface area contributed by atoms with Crippen LogP contribution in [0.25, 0.3) is 0 Å². The molecule has 1 aromatic heterocycles. The van der Waals surface area contributed by atoms with Gasteiger partial charge in [0, 0.05) is 44.7 Å². The zero-order chi connectivity index (χ0) is 24.1. The van der Waals surface area contributed by atoms with Gasteiger partial charge in [0.25, 0.3) is 5.91 Å².